The average molecular weight is 287 g/mol. The topological polar surface area (TPSA) is 76.5 Å². The van der Waals surface area contributed by atoms with Gasteiger partial charge in [-0.3, -0.25) is 0 Å². The molecule has 1 aromatic heterocycles. The van der Waals surface area contributed by atoms with E-state index in [1.807, 2.05) is 0 Å². The Morgan fingerprint density at radius 3 is 2.33 bits per heavy atom. The SMILES string of the molecule is Cc1cc(C)c(C(CN)Cc2ccc(C(=O)O)o2)c(C)c1. The number of hydrogen-bond acceptors (Lipinski definition) is 3. The first-order valence-corrected chi connectivity index (χ1v) is 7.02. The van der Waals surface area contributed by atoms with Gasteiger partial charge in [0.15, 0.2) is 0 Å². The molecule has 1 aromatic carbocycles. The maximum atomic E-state index is 10.9. The third-order valence-corrected chi connectivity index (χ3v) is 3.75. The van der Waals surface area contributed by atoms with Crippen LogP contribution < -0.4 is 5.73 Å². The smallest absolute Gasteiger partial charge is 0.371 e. The van der Waals surface area contributed by atoms with E-state index in [9.17, 15) is 4.79 Å². The van der Waals surface area contributed by atoms with Gasteiger partial charge in [-0.15, -0.1) is 0 Å². The van der Waals surface area contributed by atoms with E-state index in [1.54, 1.807) is 6.07 Å². The molecule has 0 amide bonds. The fourth-order valence-corrected chi connectivity index (χ4v) is 2.98. The summed E-state index contributed by atoms with van der Waals surface area (Å²) >= 11 is 0. The van der Waals surface area contributed by atoms with Crippen molar-refractivity contribution in [1.29, 1.82) is 0 Å². The summed E-state index contributed by atoms with van der Waals surface area (Å²) in [4.78, 5) is 10.9. The first kappa shape index (κ1) is 15.3. The van der Waals surface area contributed by atoms with Crippen LogP contribution >= 0.6 is 0 Å². The van der Waals surface area contributed by atoms with Crippen LogP contribution in [-0.2, 0) is 6.42 Å². The highest BCUT2D eigenvalue weighted by Crippen LogP contribution is 2.28. The summed E-state index contributed by atoms with van der Waals surface area (Å²) in [7, 11) is 0. The van der Waals surface area contributed by atoms with Gasteiger partial charge in [0.1, 0.15) is 5.76 Å². The molecule has 2 aromatic rings. The highest BCUT2D eigenvalue weighted by molar-refractivity contribution is 5.84. The van der Waals surface area contributed by atoms with Gasteiger partial charge in [0, 0.05) is 12.3 Å². The molecule has 0 aliphatic heterocycles. The van der Waals surface area contributed by atoms with E-state index in [0.717, 1.165) is 0 Å². The van der Waals surface area contributed by atoms with Gasteiger partial charge >= 0.3 is 5.97 Å². The summed E-state index contributed by atoms with van der Waals surface area (Å²) in [6.07, 6.45) is 0.606. The quantitative estimate of drug-likeness (QED) is 0.885. The van der Waals surface area contributed by atoms with Crippen molar-refractivity contribution in [2.24, 2.45) is 5.73 Å². The van der Waals surface area contributed by atoms with Gasteiger partial charge in [0.05, 0.1) is 0 Å². The summed E-state index contributed by atoms with van der Waals surface area (Å²) in [5.41, 5.74) is 10.8. The summed E-state index contributed by atoms with van der Waals surface area (Å²) in [5.74, 6) is -0.299. The maximum Gasteiger partial charge on any atom is 0.371 e. The van der Waals surface area contributed by atoms with Gasteiger partial charge in [-0.2, -0.15) is 0 Å². The van der Waals surface area contributed by atoms with E-state index in [0.29, 0.717) is 18.7 Å². The lowest BCUT2D eigenvalue weighted by molar-refractivity contribution is 0.0660. The molecule has 1 unspecified atom stereocenters. The Kier molecular flexibility index (Phi) is 4.48. The van der Waals surface area contributed by atoms with Gasteiger partial charge in [0.25, 0.3) is 0 Å². The van der Waals surface area contributed by atoms with Gasteiger partial charge in [0.2, 0.25) is 5.76 Å². The van der Waals surface area contributed by atoms with E-state index in [2.05, 4.69) is 32.9 Å². The number of carbonyl (C=O) groups is 1. The average Bonchev–Trinajstić information content (AvgIpc) is 2.85. The van der Waals surface area contributed by atoms with E-state index in [4.69, 9.17) is 15.3 Å². The Hall–Kier alpha value is -2.07. The zero-order chi connectivity index (χ0) is 15.6. The predicted molar refractivity (Wildman–Crippen MR) is 81.8 cm³/mol. The minimum atomic E-state index is -1.05. The van der Waals surface area contributed by atoms with Crippen LogP contribution in [0.5, 0.6) is 0 Å². The molecule has 4 nitrogen and oxygen atoms in total. The summed E-state index contributed by atoms with van der Waals surface area (Å²) in [5, 5.41) is 8.91. The standard InChI is InChI=1S/C17H21NO3/c1-10-6-11(2)16(12(3)7-10)13(9-18)8-14-4-5-15(21-14)17(19)20/h4-7,13H,8-9,18H2,1-3H3,(H,19,20). The Bertz CT molecular complexity index is 635. The Balaban J connectivity index is 2.29. The number of carboxylic acids is 1. The molecule has 0 radical (unpaired) electrons. The fraction of sp³-hybridized carbons (Fsp3) is 0.353. The van der Waals surface area contributed by atoms with Crippen LogP contribution in [0.1, 0.15) is 44.5 Å². The van der Waals surface area contributed by atoms with Gasteiger partial charge in [-0.1, -0.05) is 17.7 Å². The van der Waals surface area contributed by atoms with E-state index in [1.165, 1.54) is 28.3 Å². The van der Waals surface area contributed by atoms with Crippen LogP contribution in [0.4, 0.5) is 0 Å². The largest absolute Gasteiger partial charge is 0.475 e. The molecular formula is C17H21NO3. The van der Waals surface area contributed by atoms with E-state index >= 15 is 0 Å². The third kappa shape index (κ3) is 3.34. The molecule has 4 heteroatoms. The first-order valence-electron chi connectivity index (χ1n) is 7.02. The molecule has 0 saturated carbocycles. The number of hydrogen-bond donors (Lipinski definition) is 2. The molecule has 0 aliphatic rings. The zero-order valence-corrected chi connectivity index (χ0v) is 12.6. The molecule has 1 heterocycles. The molecule has 3 N–H and O–H groups in total. The van der Waals surface area contributed by atoms with Crippen molar-refractivity contribution in [2.45, 2.75) is 33.1 Å². The highest BCUT2D eigenvalue weighted by atomic mass is 16.4. The second kappa shape index (κ2) is 6.14. The van der Waals surface area contributed by atoms with Crippen LogP contribution in [0.3, 0.4) is 0 Å². The van der Waals surface area contributed by atoms with E-state index in [-0.39, 0.29) is 11.7 Å². The van der Waals surface area contributed by atoms with Crippen LogP contribution in [-0.4, -0.2) is 17.6 Å². The number of furan rings is 1. The molecule has 0 bridgehead atoms. The monoisotopic (exact) mass is 287 g/mol. The normalized spacial score (nSPS) is 12.4. The van der Waals surface area contributed by atoms with E-state index < -0.39 is 5.97 Å². The van der Waals surface area contributed by atoms with Crippen molar-refractivity contribution in [2.75, 3.05) is 6.54 Å². The molecule has 1 atom stereocenters. The molecule has 21 heavy (non-hydrogen) atoms. The third-order valence-electron chi connectivity index (χ3n) is 3.75. The Morgan fingerprint density at radius 1 is 1.24 bits per heavy atom. The molecule has 112 valence electrons. The number of rotatable bonds is 5. The van der Waals surface area contributed by atoms with Crippen LogP contribution in [0.25, 0.3) is 0 Å². The lowest BCUT2D eigenvalue weighted by atomic mass is 9.87. The Labute approximate surface area is 124 Å². The summed E-state index contributed by atoms with van der Waals surface area (Å²) in [6, 6.07) is 7.50. The number of nitrogens with two attached hydrogens (primary N) is 1. The minimum absolute atomic E-state index is 0.0295. The number of aryl methyl sites for hydroxylation is 3. The van der Waals surface area contributed by atoms with Crippen molar-refractivity contribution >= 4 is 5.97 Å². The maximum absolute atomic E-state index is 10.9. The highest BCUT2D eigenvalue weighted by Gasteiger charge is 2.18. The van der Waals surface area contributed by atoms with Crippen LogP contribution in [0.15, 0.2) is 28.7 Å². The van der Waals surface area contributed by atoms with Crippen molar-refractivity contribution in [1.82, 2.24) is 0 Å². The first-order chi connectivity index (χ1) is 9.92. The fourth-order valence-electron chi connectivity index (χ4n) is 2.98. The number of aromatic carboxylic acids is 1. The zero-order valence-electron chi connectivity index (χ0n) is 12.6. The molecular weight excluding hydrogens is 266 g/mol. The molecule has 0 saturated heterocycles. The van der Waals surface area contributed by atoms with Gasteiger partial charge < -0.3 is 15.3 Å². The molecule has 2 rings (SSSR count). The van der Waals surface area contributed by atoms with Gasteiger partial charge in [-0.05, 0) is 56.1 Å². The van der Waals surface area contributed by atoms with Gasteiger partial charge in [-0.25, -0.2) is 4.79 Å². The van der Waals surface area contributed by atoms with Crippen LogP contribution in [0, 0.1) is 20.8 Å². The van der Waals surface area contributed by atoms with Crippen molar-refractivity contribution < 1.29 is 14.3 Å². The number of carboxylic acid groups (broad SMARTS) is 1. The molecule has 0 fully saturated rings. The second-order valence-electron chi connectivity index (χ2n) is 5.52. The summed E-state index contributed by atoms with van der Waals surface area (Å²) in [6.45, 7) is 6.74. The summed E-state index contributed by atoms with van der Waals surface area (Å²) < 4.78 is 5.35. The molecule has 0 spiro atoms. The predicted octanol–water partition coefficient (Wildman–Crippen LogP) is 3.19. The van der Waals surface area contributed by atoms with Crippen molar-refractivity contribution in [3.8, 4) is 0 Å². The lowest BCUT2D eigenvalue weighted by Crippen LogP contribution is -2.17. The minimum Gasteiger partial charge on any atom is -0.475 e. The van der Waals surface area contributed by atoms with Crippen molar-refractivity contribution in [3.63, 3.8) is 0 Å². The number of benzene rings is 1. The Morgan fingerprint density at radius 2 is 1.86 bits per heavy atom. The van der Waals surface area contributed by atoms with Crippen molar-refractivity contribution in [3.05, 3.63) is 58.0 Å². The second-order valence-corrected chi connectivity index (χ2v) is 5.52. The van der Waals surface area contributed by atoms with Crippen LogP contribution in [0.2, 0.25) is 0 Å². The molecule has 0 aliphatic carbocycles. The lowest BCUT2D eigenvalue weighted by Gasteiger charge is -2.20.